The Bertz CT molecular complexity index is 320. The third-order valence-electron chi connectivity index (χ3n) is 2.32. The van der Waals surface area contributed by atoms with Crippen molar-refractivity contribution in [2.75, 3.05) is 13.2 Å². The van der Waals surface area contributed by atoms with Crippen LogP contribution in [-0.4, -0.2) is 30.3 Å². The van der Waals surface area contributed by atoms with Crippen LogP contribution in [0.25, 0.3) is 0 Å². The van der Waals surface area contributed by atoms with Crippen molar-refractivity contribution in [1.82, 2.24) is 4.98 Å². The van der Waals surface area contributed by atoms with Gasteiger partial charge in [-0.1, -0.05) is 0 Å². The quantitative estimate of drug-likeness (QED) is 0.703. The highest BCUT2D eigenvalue weighted by Gasteiger charge is 2.17. The monoisotopic (exact) mass is 207 g/mol. The van der Waals surface area contributed by atoms with Crippen LogP contribution in [0.4, 0.5) is 0 Å². The second-order valence-electron chi connectivity index (χ2n) is 3.48. The van der Waals surface area contributed by atoms with Crippen LogP contribution in [0.1, 0.15) is 23.2 Å². The molecule has 1 aromatic rings. The van der Waals surface area contributed by atoms with Crippen LogP contribution < -0.4 is 0 Å². The predicted octanol–water partition coefficient (Wildman–Crippen LogP) is 1.42. The molecule has 1 aliphatic rings. The summed E-state index contributed by atoms with van der Waals surface area (Å²) in [5, 5.41) is 0. The molecule has 0 bridgehead atoms. The Morgan fingerprint density at radius 3 is 3.27 bits per heavy atom. The third kappa shape index (κ3) is 2.76. The summed E-state index contributed by atoms with van der Waals surface area (Å²) in [5.74, 6) is -0.335. The molecule has 4 heteroatoms. The topological polar surface area (TPSA) is 48.4 Å². The van der Waals surface area contributed by atoms with E-state index in [-0.39, 0.29) is 12.1 Å². The fourth-order valence-corrected chi connectivity index (χ4v) is 1.51. The Morgan fingerprint density at radius 2 is 2.60 bits per heavy atom. The molecule has 1 aliphatic heterocycles. The van der Waals surface area contributed by atoms with Gasteiger partial charge < -0.3 is 9.47 Å². The van der Waals surface area contributed by atoms with Gasteiger partial charge >= 0.3 is 5.97 Å². The summed E-state index contributed by atoms with van der Waals surface area (Å²) in [6.07, 6.45) is 5.22. The first-order chi connectivity index (χ1) is 7.36. The van der Waals surface area contributed by atoms with Crippen molar-refractivity contribution in [3.05, 3.63) is 30.1 Å². The molecule has 15 heavy (non-hydrogen) atoms. The lowest BCUT2D eigenvalue weighted by Crippen LogP contribution is -2.17. The predicted molar refractivity (Wildman–Crippen MR) is 53.5 cm³/mol. The summed E-state index contributed by atoms with van der Waals surface area (Å²) in [7, 11) is 0. The molecule has 0 unspecified atom stereocenters. The van der Waals surface area contributed by atoms with Gasteiger partial charge in [-0.2, -0.15) is 0 Å². The zero-order chi connectivity index (χ0) is 10.5. The molecule has 2 rings (SSSR count). The Hall–Kier alpha value is -1.42. The number of esters is 1. The first-order valence-electron chi connectivity index (χ1n) is 5.05. The zero-order valence-electron chi connectivity index (χ0n) is 8.39. The minimum Gasteiger partial charge on any atom is -0.459 e. The highest BCUT2D eigenvalue weighted by Crippen LogP contribution is 2.12. The number of carbonyl (C=O) groups is 1. The van der Waals surface area contributed by atoms with E-state index in [9.17, 15) is 4.79 Å². The largest absolute Gasteiger partial charge is 0.459 e. The molecule has 80 valence electrons. The van der Waals surface area contributed by atoms with Crippen LogP contribution in [0.3, 0.4) is 0 Å². The van der Waals surface area contributed by atoms with Crippen molar-refractivity contribution in [2.24, 2.45) is 0 Å². The van der Waals surface area contributed by atoms with Crippen molar-refractivity contribution in [1.29, 1.82) is 0 Å². The summed E-state index contributed by atoms with van der Waals surface area (Å²) in [4.78, 5) is 15.3. The number of rotatable bonds is 3. The number of hydrogen-bond acceptors (Lipinski definition) is 4. The Kier molecular flexibility index (Phi) is 3.29. The minimum absolute atomic E-state index is 0.0746. The van der Waals surface area contributed by atoms with Crippen molar-refractivity contribution >= 4 is 5.97 Å². The van der Waals surface area contributed by atoms with Gasteiger partial charge in [-0.05, 0) is 25.0 Å². The van der Waals surface area contributed by atoms with Crippen LogP contribution in [0.5, 0.6) is 0 Å². The molecule has 2 heterocycles. The van der Waals surface area contributed by atoms with E-state index in [1.807, 2.05) is 0 Å². The molecule has 0 aromatic carbocycles. The summed E-state index contributed by atoms with van der Waals surface area (Å²) in [6.45, 7) is 1.11. The van der Waals surface area contributed by atoms with Gasteiger partial charge in [0.25, 0.3) is 0 Å². The lowest BCUT2D eigenvalue weighted by atomic mass is 10.2. The molecular weight excluding hydrogens is 194 g/mol. The second-order valence-corrected chi connectivity index (χ2v) is 3.48. The van der Waals surface area contributed by atoms with Crippen LogP contribution >= 0.6 is 0 Å². The summed E-state index contributed by atoms with van der Waals surface area (Å²) in [6, 6.07) is 3.40. The molecule has 1 saturated heterocycles. The van der Waals surface area contributed by atoms with E-state index in [0.29, 0.717) is 12.2 Å². The van der Waals surface area contributed by atoms with Gasteiger partial charge in [0, 0.05) is 19.0 Å². The van der Waals surface area contributed by atoms with Crippen molar-refractivity contribution in [2.45, 2.75) is 18.9 Å². The summed E-state index contributed by atoms with van der Waals surface area (Å²) >= 11 is 0. The Morgan fingerprint density at radius 1 is 1.67 bits per heavy atom. The smallest absolute Gasteiger partial charge is 0.339 e. The second kappa shape index (κ2) is 4.89. The third-order valence-corrected chi connectivity index (χ3v) is 2.32. The number of ether oxygens (including phenoxy) is 2. The van der Waals surface area contributed by atoms with Crippen LogP contribution in [0.2, 0.25) is 0 Å². The average molecular weight is 207 g/mol. The molecule has 0 radical (unpaired) electrons. The van der Waals surface area contributed by atoms with Gasteiger partial charge in [-0.15, -0.1) is 0 Å². The van der Waals surface area contributed by atoms with Gasteiger partial charge in [0.15, 0.2) is 0 Å². The van der Waals surface area contributed by atoms with Gasteiger partial charge in [0.05, 0.1) is 11.7 Å². The normalized spacial score (nSPS) is 20.1. The van der Waals surface area contributed by atoms with Crippen LogP contribution in [-0.2, 0) is 9.47 Å². The lowest BCUT2D eigenvalue weighted by molar-refractivity contribution is 0.0161. The number of nitrogens with zero attached hydrogens (tertiary/aromatic N) is 1. The molecule has 1 aromatic heterocycles. The van der Waals surface area contributed by atoms with E-state index in [0.717, 1.165) is 19.4 Å². The van der Waals surface area contributed by atoms with E-state index in [4.69, 9.17) is 9.47 Å². The first-order valence-corrected chi connectivity index (χ1v) is 5.05. The van der Waals surface area contributed by atoms with E-state index in [1.165, 1.54) is 6.20 Å². The average Bonchev–Trinajstić information content (AvgIpc) is 2.80. The highest BCUT2D eigenvalue weighted by molar-refractivity contribution is 5.88. The Labute approximate surface area is 88.2 Å². The molecule has 1 atom stereocenters. The van der Waals surface area contributed by atoms with Crippen molar-refractivity contribution < 1.29 is 14.3 Å². The Balaban J connectivity index is 1.82. The van der Waals surface area contributed by atoms with Crippen LogP contribution in [0, 0.1) is 0 Å². The lowest BCUT2D eigenvalue weighted by Gasteiger charge is -2.09. The molecule has 0 saturated carbocycles. The van der Waals surface area contributed by atoms with Crippen molar-refractivity contribution in [3.8, 4) is 0 Å². The van der Waals surface area contributed by atoms with Gasteiger partial charge in [0.2, 0.25) is 0 Å². The minimum atomic E-state index is -0.335. The number of carbonyl (C=O) groups excluding carboxylic acids is 1. The molecule has 0 spiro atoms. The molecule has 0 aliphatic carbocycles. The molecule has 4 nitrogen and oxygen atoms in total. The van der Waals surface area contributed by atoms with Crippen molar-refractivity contribution in [3.63, 3.8) is 0 Å². The standard InChI is InChI=1S/C11H13NO3/c13-11(9-3-1-5-12-7-9)15-8-10-4-2-6-14-10/h1,3,5,7,10H,2,4,6,8H2/t10-/m1/s1. The maximum absolute atomic E-state index is 11.5. The summed E-state index contributed by atoms with van der Waals surface area (Å²) < 4.78 is 10.5. The van der Waals surface area contributed by atoms with E-state index in [2.05, 4.69) is 4.98 Å². The molecule has 0 N–H and O–H groups in total. The highest BCUT2D eigenvalue weighted by atomic mass is 16.6. The fourth-order valence-electron chi connectivity index (χ4n) is 1.51. The van der Waals surface area contributed by atoms with E-state index >= 15 is 0 Å². The zero-order valence-corrected chi connectivity index (χ0v) is 8.39. The molecule has 1 fully saturated rings. The van der Waals surface area contributed by atoms with Gasteiger partial charge in [-0.3, -0.25) is 4.98 Å². The van der Waals surface area contributed by atoms with Gasteiger partial charge in [0.1, 0.15) is 6.61 Å². The number of hydrogen-bond donors (Lipinski definition) is 0. The molecule has 0 amide bonds. The van der Waals surface area contributed by atoms with Crippen LogP contribution in [0.15, 0.2) is 24.5 Å². The number of pyridine rings is 1. The number of aromatic nitrogens is 1. The van der Waals surface area contributed by atoms with Gasteiger partial charge in [-0.25, -0.2) is 4.79 Å². The SMILES string of the molecule is O=C(OC[C@H]1CCCO1)c1cccnc1. The first kappa shape index (κ1) is 10.1. The summed E-state index contributed by atoms with van der Waals surface area (Å²) in [5.41, 5.74) is 0.482. The fraction of sp³-hybridized carbons (Fsp3) is 0.455. The maximum atomic E-state index is 11.5. The van der Waals surface area contributed by atoms with E-state index in [1.54, 1.807) is 18.3 Å². The maximum Gasteiger partial charge on any atom is 0.339 e. The molecular formula is C11H13NO3. The van der Waals surface area contributed by atoms with E-state index < -0.39 is 0 Å².